The number of halogens is 1. The molecule has 1 heterocycles. The van der Waals surface area contributed by atoms with E-state index in [1.807, 2.05) is 31.2 Å². The van der Waals surface area contributed by atoms with Crippen LogP contribution in [0.5, 0.6) is 0 Å². The first-order valence-corrected chi connectivity index (χ1v) is 9.94. The van der Waals surface area contributed by atoms with E-state index in [-0.39, 0.29) is 24.0 Å². The molecule has 0 amide bonds. The number of hydrogen-bond donors (Lipinski definition) is 2. The zero-order chi connectivity index (χ0) is 16.6. The molecule has 2 N–H and O–H groups in total. The largest absolute Gasteiger partial charge is 0.357 e. The first kappa shape index (κ1) is 22.5. The average Bonchev–Trinajstić information content (AvgIpc) is 2.81. The number of sulfonamides is 1. The van der Waals surface area contributed by atoms with Crippen molar-refractivity contribution in [1.82, 2.24) is 19.9 Å². The van der Waals surface area contributed by atoms with E-state index in [9.17, 15) is 8.42 Å². The van der Waals surface area contributed by atoms with Crippen molar-refractivity contribution >= 4 is 51.3 Å². The molecule has 7 nitrogen and oxygen atoms in total. The van der Waals surface area contributed by atoms with E-state index in [1.54, 1.807) is 11.3 Å². The van der Waals surface area contributed by atoms with Crippen molar-refractivity contribution in [3.05, 3.63) is 16.1 Å². The van der Waals surface area contributed by atoms with Crippen molar-refractivity contribution in [2.45, 2.75) is 26.8 Å². The topological polar surface area (TPSA) is 86.7 Å². The zero-order valence-corrected chi connectivity index (χ0v) is 18.0. The molecule has 1 aromatic heterocycles. The fourth-order valence-corrected chi connectivity index (χ4v) is 2.91. The number of nitrogens with one attached hydrogen (secondary N) is 2. The first-order chi connectivity index (χ1) is 10.3. The second-order valence-corrected chi connectivity index (χ2v) is 7.86. The molecule has 0 spiro atoms. The van der Waals surface area contributed by atoms with Gasteiger partial charge in [0.25, 0.3) is 0 Å². The van der Waals surface area contributed by atoms with Crippen LogP contribution in [-0.2, 0) is 16.6 Å². The summed E-state index contributed by atoms with van der Waals surface area (Å²) in [6.45, 7) is 6.43. The van der Waals surface area contributed by atoms with Crippen LogP contribution in [0.4, 0.5) is 0 Å². The molecular weight excluding hydrogens is 449 g/mol. The summed E-state index contributed by atoms with van der Waals surface area (Å²) in [5.74, 6) is 0.799. The van der Waals surface area contributed by atoms with E-state index in [0.717, 1.165) is 29.5 Å². The summed E-state index contributed by atoms with van der Waals surface area (Å²) in [5.41, 5.74) is 1.02. The predicted molar refractivity (Wildman–Crippen MR) is 107 cm³/mol. The van der Waals surface area contributed by atoms with Crippen molar-refractivity contribution in [1.29, 1.82) is 0 Å². The molecule has 0 atom stereocenters. The van der Waals surface area contributed by atoms with Crippen molar-refractivity contribution in [2.75, 3.05) is 32.9 Å². The number of rotatable bonds is 8. The van der Waals surface area contributed by atoms with E-state index in [1.165, 1.54) is 0 Å². The highest BCUT2D eigenvalue weighted by Gasteiger charge is 2.08. The molecule has 23 heavy (non-hydrogen) atoms. The number of aliphatic imine (C=N–C) groups is 1. The molecule has 0 unspecified atom stereocenters. The second kappa shape index (κ2) is 11.2. The third-order valence-corrected chi connectivity index (χ3v) is 4.27. The standard InChI is InChI=1S/C13H25N5O2S2.HI/c1-5-14-13(15-7-6-8-16-22(4,19)20)18(3)9-12-10-21-11(2)17-12;/h10,16H,5-9H2,1-4H3,(H,14,15);1H. The van der Waals surface area contributed by atoms with Gasteiger partial charge in [-0.25, -0.2) is 18.1 Å². The quantitative estimate of drug-likeness (QED) is 0.257. The minimum atomic E-state index is -3.12. The third kappa shape index (κ3) is 10.1. The average molecular weight is 475 g/mol. The molecule has 0 aliphatic rings. The Kier molecular flexibility index (Phi) is 10.9. The Labute approximate surface area is 160 Å². The van der Waals surface area contributed by atoms with Gasteiger partial charge in [-0.3, -0.25) is 4.99 Å². The maximum absolute atomic E-state index is 11.0. The molecule has 0 fully saturated rings. The Morgan fingerprint density at radius 1 is 1.48 bits per heavy atom. The highest BCUT2D eigenvalue weighted by Crippen LogP contribution is 2.09. The molecule has 0 aromatic carbocycles. The fraction of sp³-hybridized carbons (Fsp3) is 0.692. The van der Waals surface area contributed by atoms with Crippen molar-refractivity contribution < 1.29 is 8.42 Å². The lowest BCUT2D eigenvalue weighted by Crippen LogP contribution is -2.38. The number of aromatic nitrogens is 1. The minimum Gasteiger partial charge on any atom is -0.357 e. The highest BCUT2D eigenvalue weighted by atomic mass is 127. The summed E-state index contributed by atoms with van der Waals surface area (Å²) < 4.78 is 24.4. The van der Waals surface area contributed by atoms with Gasteiger partial charge in [0.2, 0.25) is 10.0 Å². The maximum atomic E-state index is 11.0. The minimum absolute atomic E-state index is 0. The van der Waals surface area contributed by atoms with Gasteiger partial charge in [-0.1, -0.05) is 0 Å². The van der Waals surface area contributed by atoms with Crippen molar-refractivity contribution in [3.63, 3.8) is 0 Å². The Hall–Kier alpha value is -0.460. The molecule has 0 saturated carbocycles. The number of hydrogen-bond acceptors (Lipinski definition) is 5. The maximum Gasteiger partial charge on any atom is 0.208 e. The summed E-state index contributed by atoms with van der Waals surface area (Å²) in [6.07, 6.45) is 1.82. The Balaban J connectivity index is 0.00000484. The predicted octanol–water partition coefficient (Wildman–Crippen LogP) is 1.41. The van der Waals surface area contributed by atoms with Crippen LogP contribution < -0.4 is 10.0 Å². The Morgan fingerprint density at radius 3 is 2.70 bits per heavy atom. The van der Waals surface area contributed by atoms with Gasteiger partial charge in [0.15, 0.2) is 5.96 Å². The Morgan fingerprint density at radius 2 is 2.17 bits per heavy atom. The van der Waals surface area contributed by atoms with Crippen LogP contribution in [-0.4, -0.2) is 57.2 Å². The molecular formula is C13H26IN5O2S2. The normalized spacial score (nSPS) is 11.9. The summed E-state index contributed by atoms with van der Waals surface area (Å²) in [6, 6.07) is 0. The van der Waals surface area contributed by atoms with Gasteiger partial charge in [0.1, 0.15) is 0 Å². The van der Waals surface area contributed by atoms with Crippen LogP contribution in [0.3, 0.4) is 0 Å². The molecule has 10 heteroatoms. The molecule has 0 saturated heterocycles. The molecule has 0 radical (unpaired) electrons. The number of guanidine groups is 1. The summed E-state index contributed by atoms with van der Waals surface area (Å²) in [5, 5.41) is 6.33. The van der Waals surface area contributed by atoms with Gasteiger partial charge < -0.3 is 10.2 Å². The van der Waals surface area contributed by atoms with Gasteiger partial charge in [0.05, 0.1) is 23.5 Å². The van der Waals surface area contributed by atoms with Crippen LogP contribution in [0.2, 0.25) is 0 Å². The van der Waals surface area contributed by atoms with Crippen LogP contribution in [0.15, 0.2) is 10.4 Å². The van der Waals surface area contributed by atoms with Crippen LogP contribution in [0.25, 0.3) is 0 Å². The van der Waals surface area contributed by atoms with E-state index in [2.05, 4.69) is 20.0 Å². The zero-order valence-electron chi connectivity index (χ0n) is 14.0. The molecule has 1 rings (SSSR count). The van der Waals surface area contributed by atoms with Crippen molar-refractivity contribution in [3.8, 4) is 0 Å². The lowest BCUT2D eigenvalue weighted by Gasteiger charge is -2.21. The summed E-state index contributed by atoms with van der Waals surface area (Å²) in [4.78, 5) is 11.0. The van der Waals surface area contributed by atoms with Crippen molar-refractivity contribution in [2.24, 2.45) is 4.99 Å². The molecule has 0 bridgehead atoms. The SMILES string of the molecule is CCNC(=NCCCNS(C)(=O)=O)N(C)Cc1csc(C)n1.I. The lowest BCUT2D eigenvalue weighted by atomic mass is 10.4. The van der Waals surface area contributed by atoms with Gasteiger partial charge in [-0.05, 0) is 20.3 Å². The third-order valence-electron chi connectivity index (χ3n) is 2.72. The van der Waals surface area contributed by atoms with E-state index in [0.29, 0.717) is 26.1 Å². The van der Waals surface area contributed by atoms with E-state index < -0.39 is 10.0 Å². The van der Waals surface area contributed by atoms with Crippen LogP contribution >= 0.6 is 35.3 Å². The van der Waals surface area contributed by atoms with Gasteiger partial charge in [-0.15, -0.1) is 35.3 Å². The molecule has 1 aromatic rings. The van der Waals surface area contributed by atoms with Crippen LogP contribution in [0.1, 0.15) is 24.0 Å². The van der Waals surface area contributed by atoms with Crippen LogP contribution in [0, 0.1) is 6.92 Å². The van der Waals surface area contributed by atoms with Gasteiger partial charge >= 0.3 is 0 Å². The molecule has 134 valence electrons. The number of aryl methyl sites for hydroxylation is 1. The smallest absolute Gasteiger partial charge is 0.208 e. The van der Waals surface area contributed by atoms with Gasteiger partial charge in [0, 0.05) is 32.1 Å². The first-order valence-electron chi connectivity index (χ1n) is 7.17. The second-order valence-electron chi connectivity index (χ2n) is 4.97. The number of thiazole rings is 1. The highest BCUT2D eigenvalue weighted by molar-refractivity contribution is 14.0. The summed E-state index contributed by atoms with van der Waals surface area (Å²) in [7, 11) is -1.16. The van der Waals surface area contributed by atoms with E-state index in [4.69, 9.17) is 0 Å². The number of nitrogens with zero attached hydrogens (tertiary/aromatic N) is 3. The van der Waals surface area contributed by atoms with E-state index >= 15 is 0 Å². The molecule has 0 aliphatic heterocycles. The fourth-order valence-electron chi connectivity index (χ4n) is 1.79. The lowest BCUT2D eigenvalue weighted by molar-refractivity contribution is 0.470. The Bertz CT molecular complexity index is 589. The monoisotopic (exact) mass is 475 g/mol. The summed E-state index contributed by atoms with van der Waals surface area (Å²) >= 11 is 1.63. The van der Waals surface area contributed by atoms with Gasteiger partial charge in [-0.2, -0.15) is 0 Å². The molecule has 0 aliphatic carbocycles.